The molecule has 0 radical (unpaired) electrons. The molecule has 0 atom stereocenters. The van der Waals surface area contributed by atoms with Crippen LogP contribution in [0.25, 0.3) is 0 Å². The van der Waals surface area contributed by atoms with E-state index in [1.807, 2.05) is 24.3 Å². The molecule has 3 rings (SSSR count). The molecule has 1 aliphatic carbocycles. The van der Waals surface area contributed by atoms with Gasteiger partial charge in [-0.3, -0.25) is 10.1 Å². The number of para-hydroxylation sites is 1. The summed E-state index contributed by atoms with van der Waals surface area (Å²) in [4.78, 5) is 28.6. The summed E-state index contributed by atoms with van der Waals surface area (Å²) in [5.74, 6) is 0.612. The Hall–Kier alpha value is -2.61. The molecule has 0 unspecified atom stereocenters. The van der Waals surface area contributed by atoms with Gasteiger partial charge in [-0.15, -0.1) is 11.3 Å². The number of rotatable bonds is 7. The van der Waals surface area contributed by atoms with E-state index in [-0.39, 0.29) is 24.4 Å². The maximum Gasteiger partial charge on any atom is 0.321 e. The maximum atomic E-state index is 12.2. The van der Waals surface area contributed by atoms with Crippen molar-refractivity contribution in [2.75, 3.05) is 12.4 Å². The quantitative estimate of drug-likeness (QED) is 0.661. The molecular weight excluding hydrogens is 376 g/mol. The van der Waals surface area contributed by atoms with Crippen LogP contribution in [-0.2, 0) is 17.8 Å². The molecule has 0 aliphatic heterocycles. The minimum Gasteiger partial charge on any atom is -0.496 e. The van der Waals surface area contributed by atoms with Crippen molar-refractivity contribution in [1.29, 1.82) is 0 Å². The summed E-state index contributed by atoms with van der Waals surface area (Å²) in [6, 6.07) is 7.58. The normalized spacial score (nSPS) is 14.3. The predicted molar refractivity (Wildman–Crippen MR) is 110 cm³/mol. The third-order valence-electron chi connectivity index (χ3n) is 4.72. The molecule has 1 aliphatic rings. The Balaban J connectivity index is 1.44. The van der Waals surface area contributed by atoms with Gasteiger partial charge in [-0.1, -0.05) is 37.5 Å². The van der Waals surface area contributed by atoms with Crippen molar-refractivity contribution in [1.82, 2.24) is 15.6 Å². The number of nitrogens with zero attached hydrogens (tertiary/aromatic N) is 1. The minimum atomic E-state index is -0.228. The number of carbonyl (C=O) groups excluding carboxylic acids is 2. The molecule has 8 heteroatoms. The number of methoxy groups -OCH3 is 1. The van der Waals surface area contributed by atoms with E-state index in [1.165, 1.54) is 17.8 Å². The molecule has 1 aromatic carbocycles. The number of anilines is 1. The van der Waals surface area contributed by atoms with E-state index in [4.69, 9.17) is 4.74 Å². The molecule has 3 N–H and O–H groups in total. The largest absolute Gasteiger partial charge is 0.496 e. The van der Waals surface area contributed by atoms with Gasteiger partial charge in [-0.05, 0) is 18.9 Å². The van der Waals surface area contributed by atoms with Crippen molar-refractivity contribution in [2.24, 2.45) is 0 Å². The third kappa shape index (κ3) is 5.95. The molecule has 1 aromatic heterocycles. The number of amides is 3. The maximum absolute atomic E-state index is 12.2. The third-order valence-corrected chi connectivity index (χ3v) is 5.53. The highest BCUT2D eigenvalue weighted by molar-refractivity contribution is 7.13. The van der Waals surface area contributed by atoms with Gasteiger partial charge >= 0.3 is 6.03 Å². The number of carbonyl (C=O) groups is 2. The molecule has 150 valence electrons. The number of nitrogens with one attached hydrogen (secondary N) is 3. The second-order valence-corrected chi connectivity index (χ2v) is 7.70. The molecule has 0 saturated heterocycles. The van der Waals surface area contributed by atoms with Gasteiger partial charge in [0.05, 0.1) is 19.2 Å². The van der Waals surface area contributed by atoms with E-state index in [0.29, 0.717) is 17.4 Å². The van der Waals surface area contributed by atoms with E-state index in [9.17, 15) is 9.59 Å². The van der Waals surface area contributed by atoms with Gasteiger partial charge < -0.3 is 15.4 Å². The first-order valence-electron chi connectivity index (χ1n) is 9.54. The van der Waals surface area contributed by atoms with E-state index < -0.39 is 0 Å². The fraction of sp³-hybridized carbons (Fsp3) is 0.450. The number of thiazole rings is 1. The highest BCUT2D eigenvalue weighted by atomic mass is 32.1. The van der Waals surface area contributed by atoms with Crippen LogP contribution in [0.1, 0.15) is 43.4 Å². The summed E-state index contributed by atoms with van der Waals surface area (Å²) in [5.41, 5.74) is 1.55. The first-order chi connectivity index (χ1) is 13.6. The van der Waals surface area contributed by atoms with Gasteiger partial charge in [-0.2, -0.15) is 0 Å². The Morgan fingerprint density at radius 1 is 1.21 bits per heavy atom. The number of benzene rings is 1. The Kier molecular flexibility index (Phi) is 7.25. The summed E-state index contributed by atoms with van der Waals surface area (Å²) in [6.45, 7) is 0.391. The van der Waals surface area contributed by atoms with E-state index in [0.717, 1.165) is 37.0 Å². The van der Waals surface area contributed by atoms with Crippen molar-refractivity contribution in [3.8, 4) is 5.75 Å². The van der Waals surface area contributed by atoms with Gasteiger partial charge in [0.15, 0.2) is 5.13 Å². The second kappa shape index (κ2) is 10.1. The van der Waals surface area contributed by atoms with Crippen LogP contribution in [0.4, 0.5) is 9.93 Å². The highest BCUT2D eigenvalue weighted by Gasteiger charge is 2.16. The van der Waals surface area contributed by atoms with E-state index in [1.54, 1.807) is 12.5 Å². The number of urea groups is 1. The first-order valence-corrected chi connectivity index (χ1v) is 10.4. The summed E-state index contributed by atoms with van der Waals surface area (Å²) >= 11 is 1.32. The van der Waals surface area contributed by atoms with Gasteiger partial charge in [0.25, 0.3) is 0 Å². The molecule has 0 bridgehead atoms. The van der Waals surface area contributed by atoms with Gasteiger partial charge in [0.2, 0.25) is 5.91 Å². The highest BCUT2D eigenvalue weighted by Crippen LogP contribution is 2.19. The standard InChI is InChI=1S/C20H26N4O3S/c1-27-17-10-6-5-7-14(17)12-21-18(25)11-16-13-28-20(23-16)24-19(26)22-15-8-3-2-4-9-15/h5-7,10,13,15H,2-4,8-9,11-12H2,1H3,(H,21,25)(H2,22,23,24,26). The lowest BCUT2D eigenvalue weighted by Gasteiger charge is -2.22. The molecule has 7 nitrogen and oxygen atoms in total. The lowest BCUT2D eigenvalue weighted by molar-refractivity contribution is -0.120. The van der Waals surface area contributed by atoms with Crippen LogP contribution in [0.15, 0.2) is 29.6 Å². The monoisotopic (exact) mass is 402 g/mol. The average molecular weight is 403 g/mol. The zero-order valence-electron chi connectivity index (χ0n) is 16.0. The fourth-order valence-electron chi connectivity index (χ4n) is 3.28. The molecule has 2 aromatic rings. The van der Waals surface area contributed by atoms with Crippen LogP contribution in [0.5, 0.6) is 5.75 Å². The topological polar surface area (TPSA) is 92.4 Å². The lowest BCUT2D eigenvalue weighted by atomic mass is 9.96. The molecule has 3 amide bonds. The Morgan fingerprint density at radius 3 is 2.79 bits per heavy atom. The second-order valence-electron chi connectivity index (χ2n) is 6.84. The zero-order valence-corrected chi connectivity index (χ0v) is 16.8. The molecular formula is C20H26N4O3S. The van der Waals surface area contributed by atoms with Crippen molar-refractivity contribution >= 4 is 28.4 Å². The summed E-state index contributed by atoms with van der Waals surface area (Å²) in [5, 5.41) is 10.9. The first kappa shape index (κ1) is 20.1. The summed E-state index contributed by atoms with van der Waals surface area (Å²) < 4.78 is 5.28. The van der Waals surface area contributed by atoms with Crippen molar-refractivity contribution in [3.05, 3.63) is 40.9 Å². The minimum absolute atomic E-state index is 0.130. The fourth-order valence-corrected chi connectivity index (χ4v) is 3.99. The average Bonchev–Trinajstić information content (AvgIpc) is 3.13. The molecule has 28 heavy (non-hydrogen) atoms. The van der Waals surface area contributed by atoms with E-state index in [2.05, 4.69) is 20.9 Å². The Bertz CT molecular complexity index is 802. The number of hydrogen-bond donors (Lipinski definition) is 3. The number of hydrogen-bond acceptors (Lipinski definition) is 5. The number of aromatic nitrogens is 1. The number of ether oxygens (including phenoxy) is 1. The van der Waals surface area contributed by atoms with Crippen LogP contribution >= 0.6 is 11.3 Å². The molecule has 0 spiro atoms. The zero-order chi connectivity index (χ0) is 19.8. The van der Waals surface area contributed by atoms with Crippen molar-refractivity contribution in [3.63, 3.8) is 0 Å². The molecule has 1 saturated carbocycles. The van der Waals surface area contributed by atoms with Crippen LogP contribution in [0.3, 0.4) is 0 Å². The summed E-state index contributed by atoms with van der Waals surface area (Å²) in [7, 11) is 1.61. The lowest BCUT2D eigenvalue weighted by Crippen LogP contribution is -2.39. The SMILES string of the molecule is COc1ccccc1CNC(=O)Cc1csc(NC(=O)NC2CCCCC2)n1. The van der Waals surface area contributed by atoms with Crippen molar-refractivity contribution in [2.45, 2.75) is 51.1 Å². The van der Waals surface area contributed by atoms with Crippen LogP contribution in [0, 0.1) is 0 Å². The van der Waals surface area contributed by atoms with Crippen LogP contribution in [-0.4, -0.2) is 30.1 Å². The smallest absolute Gasteiger partial charge is 0.321 e. The predicted octanol–water partition coefficient (Wildman–Crippen LogP) is 3.46. The van der Waals surface area contributed by atoms with Gasteiger partial charge in [-0.25, -0.2) is 9.78 Å². The van der Waals surface area contributed by atoms with Crippen LogP contribution in [0.2, 0.25) is 0 Å². The molecule has 1 heterocycles. The Labute approximate surface area is 168 Å². The van der Waals surface area contributed by atoms with E-state index >= 15 is 0 Å². The van der Waals surface area contributed by atoms with Crippen molar-refractivity contribution < 1.29 is 14.3 Å². The summed E-state index contributed by atoms with van der Waals surface area (Å²) in [6.07, 6.45) is 5.80. The Morgan fingerprint density at radius 2 is 2.00 bits per heavy atom. The van der Waals surface area contributed by atoms with Gasteiger partial charge in [0.1, 0.15) is 5.75 Å². The van der Waals surface area contributed by atoms with Gasteiger partial charge in [0, 0.05) is 23.5 Å². The van der Waals surface area contributed by atoms with Crippen LogP contribution < -0.4 is 20.7 Å². The molecule has 1 fully saturated rings.